The van der Waals surface area contributed by atoms with Gasteiger partial charge in [-0.1, -0.05) is 447 Å². The lowest BCUT2D eigenvalue weighted by atomic mass is 9.90. The van der Waals surface area contributed by atoms with E-state index in [-0.39, 0.29) is 36.6 Å². The third-order valence-electron chi connectivity index (χ3n) is 19.4. The molecule has 0 aliphatic carbocycles. The van der Waals surface area contributed by atoms with Crippen LogP contribution in [0.2, 0.25) is 0 Å². The average Bonchev–Trinajstić information content (AvgIpc) is 0.739. The summed E-state index contributed by atoms with van der Waals surface area (Å²) in [5.41, 5.74) is 0. The molecule has 6 nitrogen and oxygen atoms in total. The molecule has 0 spiro atoms. The maximum atomic E-state index is 8.36. The highest BCUT2D eigenvalue weighted by atomic mass is 16.3. The van der Waals surface area contributed by atoms with Crippen LogP contribution in [0.5, 0.6) is 0 Å². The minimum Gasteiger partial charge on any atom is -0.393 e. The van der Waals surface area contributed by atoms with Crippen molar-refractivity contribution in [2.24, 2.45) is 0 Å². The molecule has 0 aliphatic heterocycles. The van der Waals surface area contributed by atoms with Crippen LogP contribution in [0.3, 0.4) is 0 Å². The molecular formula is C114H138O6. The molecule has 630 valence electrons. The average molecular weight is 1600 g/mol. The molecule has 6 unspecified atom stereocenters. The zero-order valence-corrected chi connectivity index (χ0v) is 75.0. The first-order chi connectivity index (χ1) is 58.4. The zero-order chi connectivity index (χ0) is 88.0. The molecule has 0 bridgehead atoms. The highest BCUT2D eigenvalue weighted by Gasteiger charge is 2.15. The van der Waals surface area contributed by atoms with Gasteiger partial charge in [0, 0.05) is 0 Å². The van der Waals surface area contributed by atoms with Crippen LogP contribution in [0.4, 0.5) is 0 Å². The number of benzene rings is 19. The fourth-order valence-corrected chi connectivity index (χ4v) is 12.3. The van der Waals surface area contributed by atoms with E-state index in [0.29, 0.717) is 0 Å². The van der Waals surface area contributed by atoms with Crippen molar-refractivity contribution in [3.05, 3.63) is 364 Å². The Morgan fingerprint density at radius 2 is 0.208 bits per heavy atom. The minimum absolute atomic E-state index is 0.116. The van der Waals surface area contributed by atoms with E-state index in [1.165, 1.54) is 129 Å². The molecule has 120 heavy (non-hydrogen) atoms. The van der Waals surface area contributed by atoms with E-state index in [1.54, 1.807) is 41.5 Å². The fourth-order valence-electron chi connectivity index (χ4n) is 12.3. The van der Waals surface area contributed by atoms with Crippen LogP contribution in [0.15, 0.2) is 364 Å². The van der Waals surface area contributed by atoms with Crippen LogP contribution in [-0.4, -0.2) is 67.3 Å². The third kappa shape index (κ3) is 32.2. The van der Waals surface area contributed by atoms with Gasteiger partial charge in [-0.15, -0.1) is 0 Å². The molecular weight excluding hydrogens is 1470 g/mol. The smallest absolute Gasteiger partial charge is 0.0509 e. The van der Waals surface area contributed by atoms with E-state index in [9.17, 15) is 0 Å². The molecule has 19 aromatic carbocycles. The molecule has 0 aromatic heterocycles. The summed E-state index contributed by atoms with van der Waals surface area (Å²) < 4.78 is 0. The Hall–Kier alpha value is -11.2. The summed E-state index contributed by atoms with van der Waals surface area (Å²) in [6, 6.07) is 127. The van der Waals surface area contributed by atoms with Crippen LogP contribution in [-0.2, 0) is 0 Å². The lowest BCUT2D eigenvalue weighted by Crippen LogP contribution is -1.93. The fraction of sp³-hybridized carbons (Fsp3) is 0.263. The monoisotopic (exact) mass is 1600 g/mol. The first kappa shape index (κ1) is 101. The SMILES string of the molecule is CC.CC.CC.CCC(C)O.CCC(C)O.CCC(C)O.CCC(C)O.CCC(C)O.CCC(C)O.c1cc2cccc3c4cccc5cccc(c(c1)c23)c54.c1cc2cccc3c4cccc5cccc(c(c1)c23)c54.c1cc2cccc3c4cccc5cccc(c(c1)c23)c54.c1ccccc1.c1ccccc1.c1ccccc1.c1ccccc1. The van der Waals surface area contributed by atoms with Gasteiger partial charge in [0.15, 0.2) is 0 Å². The summed E-state index contributed by atoms with van der Waals surface area (Å²) in [7, 11) is 0. The Bertz CT molecular complexity index is 4490. The normalized spacial score (nSPS) is 11.5. The summed E-state index contributed by atoms with van der Waals surface area (Å²) in [5, 5.41) is 82.8. The maximum absolute atomic E-state index is 8.36. The van der Waals surface area contributed by atoms with Crippen molar-refractivity contribution in [1.29, 1.82) is 0 Å². The van der Waals surface area contributed by atoms with Gasteiger partial charge in [-0.2, -0.15) is 0 Å². The molecule has 6 atom stereocenters. The third-order valence-corrected chi connectivity index (χ3v) is 19.4. The summed E-state index contributed by atoms with van der Waals surface area (Å²) in [6.07, 6.45) is 4.47. The van der Waals surface area contributed by atoms with E-state index < -0.39 is 0 Å². The molecule has 0 heterocycles. The summed E-state index contributed by atoms with van der Waals surface area (Å²) in [5.74, 6) is 0. The largest absolute Gasteiger partial charge is 0.393 e. The number of aliphatic hydroxyl groups excluding tert-OH is 6. The highest BCUT2D eigenvalue weighted by molar-refractivity contribution is 6.35. The van der Waals surface area contributed by atoms with Crippen LogP contribution >= 0.6 is 0 Å². The van der Waals surface area contributed by atoms with Gasteiger partial charge in [0.05, 0.1) is 36.6 Å². The lowest BCUT2D eigenvalue weighted by Gasteiger charge is -2.13. The molecule has 0 radical (unpaired) electrons. The molecule has 0 aliphatic rings. The van der Waals surface area contributed by atoms with E-state index in [0.717, 1.165) is 38.5 Å². The number of hydrogen-bond donors (Lipinski definition) is 6. The number of rotatable bonds is 6. The van der Waals surface area contributed by atoms with Crippen molar-refractivity contribution < 1.29 is 30.6 Å². The molecule has 0 fully saturated rings. The van der Waals surface area contributed by atoms with Crippen LogP contribution < -0.4 is 0 Å². The Morgan fingerprint density at radius 1 is 0.142 bits per heavy atom. The Morgan fingerprint density at radius 3 is 0.267 bits per heavy atom. The molecule has 19 rings (SSSR count). The molecule has 6 heteroatoms. The highest BCUT2D eigenvalue weighted by Crippen LogP contribution is 2.43. The molecule has 0 saturated carbocycles. The van der Waals surface area contributed by atoms with E-state index in [4.69, 9.17) is 30.6 Å². The zero-order valence-electron chi connectivity index (χ0n) is 75.0. The predicted molar refractivity (Wildman–Crippen MR) is 535 cm³/mol. The molecule has 0 amide bonds. The number of hydrogen-bond acceptors (Lipinski definition) is 6. The predicted octanol–water partition coefficient (Wildman–Crippen LogP) is 31.7. The summed E-state index contributed by atoms with van der Waals surface area (Å²) in [4.78, 5) is 0. The van der Waals surface area contributed by atoms with Crippen molar-refractivity contribution in [3.63, 3.8) is 0 Å². The van der Waals surface area contributed by atoms with Gasteiger partial charge in [0.25, 0.3) is 0 Å². The van der Waals surface area contributed by atoms with Crippen LogP contribution in [0.25, 0.3) is 129 Å². The topological polar surface area (TPSA) is 121 Å². The molecule has 19 aromatic rings. The van der Waals surface area contributed by atoms with Crippen molar-refractivity contribution in [1.82, 2.24) is 0 Å². The van der Waals surface area contributed by atoms with Crippen LogP contribution in [0, 0.1) is 0 Å². The van der Waals surface area contributed by atoms with E-state index >= 15 is 0 Å². The van der Waals surface area contributed by atoms with Crippen molar-refractivity contribution in [2.75, 3.05) is 0 Å². The van der Waals surface area contributed by atoms with E-state index in [2.05, 4.69) is 218 Å². The lowest BCUT2D eigenvalue weighted by molar-refractivity contribution is 0.190. The Labute approximate surface area is 719 Å². The van der Waals surface area contributed by atoms with Gasteiger partial charge < -0.3 is 30.6 Å². The van der Waals surface area contributed by atoms with Crippen molar-refractivity contribution in [2.45, 2.75) is 200 Å². The first-order valence-electron chi connectivity index (χ1n) is 43.6. The van der Waals surface area contributed by atoms with Gasteiger partial charge >= 0.3 is 0 Å². The second-order valence-corrected chi connectivity index (χ2v) is 28.4. The second kappa shape index (κ2) is 58.7. The van der Waals surface area contributed by atoms with Gasteiger partial charge in [0.2, 0.25) is 0 Å². The van der Waals surface area contributed by atoms with Gasteiger partial charge in [0.1, 0.15) is 0 Å². The standard InChI is InChI=1S/3C20H12.4C6H6.6C4H10O.3C2H6/c3*1-5-13-6-2-11-17-18-12-4-8-14-7-3-10-16(20(14)18)15(9-1)19(13)17;4*1-2-4-6-5-3-1;6*1-3-4(2)5;3*1-2/h3*1-12H;4*1-6H;6*4-5H,3H2,1-2H3;3*1-2H3. The second-order valence-electron chi connectivity index (χ2n) is 28.4. The maximum Gasteiger partial charge on any atom is 0.0509 e. The van der Waals surface area contributed by atoms with Crippen LogP contribution in [0.1, 0.15) is 163 Å². The molecule has 6 N–H and O–H groups in total. The first-order valence-corrected chi connectivity index (χ1v) is 43.6. The van der Waals surface area contributed by atoms with Gasteiger partial charge in [-0.05, 0) is 209 Å². The van der Waals surface area contributed by atoms with E-state index in [1.807, 2.05) is 229 Å². The number of aliphatic hydroxyl groups is 6. The summed E-state index contributed by atoms with van der Waals surface area (Å²) >= 11 is 0. The summed E-state index contributed by atoms with van der Waals surface area (Å²) in [6.45, 7) is 34.4. The quantitative estimate of drug-likeness (QED) is 0.0729. The number of fused-ring (bicyclic) bond motifs is 6. The van der Waals surface area contributed by atoms with Gasteiger partial charge in [-0.3, -0.25) is 0 Å². The minimum atomic E-state index is -0.116. The molecule has 0 saturated heterocycles. The van der Waals surface area contributed by atoms with Crippen molar-refractivity contribution in [3.8, 4) is 0 Å². The van der Waals surface area contributed by atoms with Gasteiger partial charge in [-0.25, -0.2) is 0 Å². The Balaban J connectivity index is 0.000000287. The Kier molecular flexibility index (Phi) is 49.5. The van der Waals surface area contributed by atoms with Crippen molar-refractivity contribution >= 4 is 129 Å².